The van der Waals surface area contributed by atoms with Gasteiger partial charge in [0.25, 0.3) is 0 Å². The summed E-state index contributed by atoms with van der Waals surface area (Å²) in [5, 5.41) is 9.09. The van der Waals surface area contributed by atoms with Gasteiger partial charge in [0.15, 0.2) is 0 Å². The van der Waals surface area contributed by atoms with Gasteiger partial charge in [-0.15, -0.1) is 0 Å². The van der Waals surface area contributed by atoms with Crippen molar-refractivity contribution in [2.75, 3.05) is 13.6 Å². The maximum absolute atomic E-state index is 10.2. The molecule has 3 nitrogen and oxygen atoms in total. The molecule has 0 amide bonds. The Kier molecular flexibility index (Phi) is 1.83. The number of aliphatic hydroxyl groups is 1. The number of carbonyl (C=O) groups excluding carboxylic acids is 1. The molecular weight excluding hydrogens is 118 g/mol. The third kappa shape index (κ3) is 1.11. The van der Waals surface area contributed by atoms with E-state index in [0.29, 0.717) is 0 Å². The molecule has 3 heteroatoms. The van der Waals surface area contributed by atoms with Gasteiger partial charge in [-0.1, -0.05) is 0 Å². The van der Waals surface area contributed by atoms with Crippen molar-refractivity contribution in [3.63, 3.8) is 0 Å². The van der Waals surface area contributed by atoms with Gasteiger partial charge in [0, 0.05) is 6.54 Å². The van der Waals surface area contributed by atoms with E-state index >= 15 is 0 Å². The predicted octanol–water partition coefficient (Wildman–Crippen LogP) is -0.750. The van der Waals surface area contributed by atoms with Crippen molar-refractivity contribution < 1.29 is 9.90 Å². The van der Waals surface area contributed by atoms with Crippen molar-refractivity contribution in [2.45, 2.75) is 18.6 Å². The summed E-state index contributed by atoms with van der Waals surface area (Å²) in [4.78, 5) is 12.1. The van der Waals surface area contributed by atoms with Crippen LogP contribution in [0.5, 0.6) is 0 Å². The molecule has 0 spiro atoms. The Hall–Kier alpha value is -0.410. The van der Waals surface area contributed by atoms with Crippen LogP contribution in [0.3, 0.4) is 0 Å². The Morgan fingerprint density at radius 1 is 1.78 bits per heavy atom. The summed E-state index contributed by atoms with van der Waals surface area (Å²) < 4.78 is 0. The lowest BCUT2D eigenvalue weighted by Gasteiger charge is -2.13. The van der Waals surface area contributed by atoms with Gasteiger partial charge in [0.1, 0.15) is 6.29 Å². The molecule has 1 aliphatic rings. The van der Waals surface area contributed by atoms with Crippen molar-refractivity contribution >= 4 is 6.29 Å². The topological polar surface area (TPSA) is 40.5 Å². The highest BCUT2D eigenvalue weighted by Crippen LogP contribution is 2.12. The van der Waals surface area contributed by atoms with E-state index in [2.05, 4.69) is 0 Å². The van der Waals surface area contributed by atoms with E-state index in [9.17, 15) is 4.79 Å². The molecule has 0 aromatic heterocycles. The molecule has 1 fully saturated rings. The lowest BCUT2D eigenvalue weighted by atomic mass is 10.2. The van der Waals surface area contributed by atoms with E-state index in [0.717, 1.165) is 19.3 Å². The van der Waals surface area contributed by atoms with Crippen LogP contribution in [0.2, 0.25) is 0 Å². The van der Waals surface area contributed by atoms with Crippen LogP contribution in [0.25, 0.3) is 0 Å². The Morgan fingerprint density at radius 3 is 2.67 bits per heavy atom. The molecule has 0 aliphatic carbocycles. The third-order valence-corrected chi connectivity index (χ3v) is 1.82. The number of carbonyl (C=O) groups is 1. The van der Waals surface area contributed by atoms with Crippen molar-refractivity contribution in [1.82, 2.24) is 4.90 Å². The van der Waals surface area contributed by atoms with Crippen molar-refractivity contribution in [2.24, 2.45) is 0 Å². The largest absolute Gasteiger partial charge is 0.391 e. The van der Waals surface area contributed by atoms with Crippen LogP contribution in [0.15, 0.2) is 0 Å². The molecule has 0 radical (unpaired) electrons. The number of hydrogen-bond donors (Lipinski definition) is 1. The Labute approximate surface area is 54.3 Å². The molecule has 1 saturated heterocycles. The van der Waals surface area contributed by atoms with E-state index < -0.39 is 6.10 Å². The highest BCUT2D eigenvalue weighted by atomic mass is 16.3. The van der Waals surface area contributed by atoms with E-state index in [1.165, 1.54) is 0 Å². The second kappa shape index (κ2) is 2.45. The first-order valence-electron chi connectivity index (χ1n) is 3.09. The summed E-state index contributed by atoms with van der Waals surface area (Å²) in [6.07, 6.45) is 1.09. The van der Waals surface area contributed by atoms with Crippen LogP contribution in [0.4, 0.5) is 0 Å². The van der Waals surface area contributed by atoms with E-state index in [4.69, 9.17) is 5.11 Å². The average molecular weight is 129 g/mol. The van der Waals surface area contributed by atoms with E-state index in [1.54, 1.807) is 0 Å². The molecule has 9 heavy (non-hydrogen) atoms. The van der Waals surface area contributed by atoms with Gasteiger partial charge >= 0.3 is 0 Å². The quantitative estimate of drug-likeness (QED) is 0.473. The second-order valence-electron chi connectivity index (χ2n) is 2.46. The Morgan fingerprint density at radius 2 is 2.44 bits per heavy atom. The van der Waals surface area contributed by atoms with Crippen LogP contribution in [0.1, 0.15) is 6.42 Å². The number of likely N-dealkylation sites (N-methyl/N-ethyl adjacent to an activating group) is 1. The summed E-state index contributed by atoms with van der Waals surface area (Å²) in [5.41, 5.74) is 0. The molecule has 1 heterocycles. The summed E-state index contributed by atoms with van der Waals surface area (Å²) in [6, 6.07) is -0.259. The minimum Gasteiger partial charge on any atom is -0.391 e. The lowest BCUT2D eigenvalue weighted by molar-refractivity contribution is -0.113. The fraction of sp³-hybridized carbons (Fsp3) is 0.833. The Bertz CT molecular complexity index is 106. The molecule has 52 valence electrons. The van der Waals surface area contributed by atoms with E-state index in [1.807, 2.05) is 11.9 Å². The van der Waals surface area contributed by atoms with Crippen molar-refractivity contribution in [3.8, 4) is 0 Å². The maximum atomic E-state index is 10.2. The number of rotatable bonds is 1. The normalized spacial score (nSPS) is 37.1. The van der Waals surface area contributed by atoms with Gasteiger partial charge < -0.3 is 9.90 Å². The number of nitrogens with zero attached hydrogens (tertiary/aromatic N) is 1. The average Bonchev–Trinajstić information content (AvgIpc) is 2.12. The summed E-state index contributed by atoms with van der Waals surface area (Å²) >= 11 is 0. The zero-order chi connectivity index (χ0) is 6.85. The smallest absolute Gasteiger partial charge is 0.139 e. The highest BCUT2D eigenvalue weighted by Gasteiger charge is 2.29. The minimum atomic E-state index is -0.438. The fourth-order valence-corrected chi connectivity index (χ4v) is 1.14. The molecule has 1 unspecified atom stereocenters. The number of likely N-dealkylation sites (tertiary alicyclic amines) is 1. The van der Waals surface area contributed by atoms with Crippen LogP contribution < -0.4 is 0 Å². The van der Waals surface area contributed by atoms with Gasteiger partial charge in [-0.25, -0.2) is 0 Å². The van der Waals surface area contributed by atoms with Crippen LogP contribution in [0, 0.1) is 0 Å². The molecule has 0 bridgehead atoms. The molecular formula is C6H11NO2. The van der Waals surface area contributed by atoms with Gasteiger partial charge in [-0.3, -0.25) is 4.90 Å². The molecule has 1 N–H and O–H groups in total. The third-order valence-electron chi connectivity index (χ3n) is 1.82. The molecule has 1 rings (SSSR count). The van der Waals surface area contributed by atoms with E-state index in [-0.39, 0.29) is 6.04 Å². The predicted molar refractivity (Wildman–Crippen MR) is 33.1 cm³/mol. The number of aldehydes is 1. The Balaban J connectivity index is 2.54. The van der Waals surface area contributed by atoms with Crippen molar-refractivity contribution in [3.05, 3.63) is 0 Å². The molecule has 2 atom stereocenters. The summed E-state index contributed by atoms with van der Waals surface area (Å²) in [7, 11) is 1.84. The SMILES string of the molecule is CN1CCC(O)[C@H]1C=O. The first-order valence-corrected chi connectivity index (χ1v) is 3.09. The summed E-state index contributed by atoms with van der Waals surface area (Å²) in [5.74, 6) is 0. The molecule has 0 aromatic rings. The van der Waals surface area contributed by atoms with Crippen molar-refractivity contribution in [1.29, 1.82) is 0 Å². The highest BCUT2D eigenvalue weighted by molar-refractivity contribution is 5.59. The van der Waals surface area contributed by atoms with Gasteiger partial charge in [0.05, 0.1) is 12.1 Å². The zero-order valence-electron chi connectivity index (χ0n) is 5.45. The first-order chi connectivity index (χ1) is 4.25. The number of aliphatic hydroxyl groups excluding tert-OH is 1. The monoisotopic (exact) mass is 129 g/mol. The molecule has 1 aliphatic heterocycles. The number of hydrogen-bond acceptors (Lipinski definition) is 3. The standard InChI is InChI=1S/C6H11NO2/c1-7-3-2-6(9)5(7)4-8/h4-6,9H,2-3H2,1H3/t5-,6?/m1/s1. The van der Waals surface area contributed by atoms with Crippen LogP contribution in [-0.4, -0.2) is 42.0 Å². The minimum absolute atomic E-state index is 0.259. The van der Waals surface area contributed by atoms with Gasteiger partial charge in [0.2, 0.25) is 0 Å². The van der Waals surface area contributed by atoms with Gasteiger partial charge in [-0.05, 0) is 13.5 Å². The maximum Gasteiger partial charge on any atom is 0.139 e. The summed E-state index contributed by atoms with van der Waals surface area (Å²) in [6.45, 7) is 0.824. The molecule has 0 saturated carbocycles. The van der Waals surface area contributed by atoms with Gasteiger partial charge in [-0.2, -0.15) is 0 Å². The fourth-order valence-electron chi connectivity index (χ4n) is 1.14. The second-order valence-corrected chi connectivity index (χ2v) is 2.46. The van der Waals surface area contributed by atoms with Crippen LogP contribution >= 0.6 is 0 Å². The van der Waals surface area contributed by atoms with Crippen LogP contribution in [-0.2, 0) is 4.79 Å². The first kappa shape index (κ1) is 6.71. The lowest BCUT2D eigenvalue weighted by Crippen LogP contribution is -2.33. The molecule has 0 aromatic carbocycles. The zero-order valence-corrected chi connectivity index (χ0v) is 5.45.